The Morgan fingerprint density at radius 3 is 2.75 bits per heavy atom. The minimum absolute atomic E-state index is 0.300. The second-order valence-electron chi connectivity index (χ2n) is 4.32. The third kappa shape index (κ3) is 1.55. The fourth-order valence-electron chi connectivity index (χ4n) is 2.15. The molecule has 96 valence electrons. The standard InChI is InChI=1S/C14H8FN5/c15-11-3-1-2-10-12(11)17-8-20-14(10)18-13(19-20)9-4-6-16-7-5-9/h1-8H. The Morgan fingerprint density at radius 2 is 1.90 bits per heavy atom. The fourth-order valence-corrected chi connectivity index (χ4v) is 2.15. The van der Waals surface area contributed by atoms with Crippen molar-refractivity contribution in [2.24, 2.45) is 0 Å². The van der Waals surface area contributed by atoms with Crippen molar-refractivity contribution in [2.45, 2.75) is 0 Å². The highest BCUT2D eigenvalue weighted by molar-refractivity contribution is 5.91. The second-order valence-corrected chi connectivity index (χ2v) is 4.32. The van der Waals surface area contributed by atoms with Crippen LogP contribution in [0, 0.1) is 5.82 Å². The molecule has 4 rings (SSSR count). The maximum Gasteiger partial charge on any atom is 0.182 e. The molecule has 0 bridgehead atoms. The monoisotopic (exact) mass is 265 g/mol. The topological polar surface area (TPSA) is 56.0 Å². The molecule has 0 aliphatic carbocycles. The number of pyridine rings is 1. The van der Waals surface area contributed by atoms with Gasteiger partial charge in [0.15, 0.2) is 11.5 Å². The van der Waals surface area contributed by atoms with Gasteiger partial charge >= 0.3 is 0 Å². The maximum atomic E-state index is 13.7. The Hall–Kier alpha value is -2.89. The summed E-state index contributed by atoms with van der Waals surface area (Å²) in [6, 6.07) is 8.45. The number of hydrogen-bond acceptors (Lipinski definition) is 4. The highest BCUT2D eigenvalue weighted by Gasteiger charge is 2.11. The summed E-state index contributed by atoms with van der Waals surface area (Å²) in [6.07, 6.45) is 4.83. The number of hydrogen-bond donors (Lipinski definition) is 0. The first kappa shape index (κ1) is 11.0. The lowest BCUT2D eigenvalue weighted by molar-refractivity contribution is 0.636. The average Bonchev–Trinajstić information content (AvgIpc) is 2.93. The molecule has 0 saturated heterocycles. The summed E-state index contributed by atoms with van der Waals surface area (Å²) >= 11 is 0. The Labute approximate surface area is 112 Å². The van der Waals surface area contributed by atoms with Crippen molar-refractivity contribution in [3.63, 3.8) is 0 Å². The molecule has 0 aliphatic rings. The molecule has 1 aromatic carbocycles. The van der Waals surface area contributed by atoms with Crippen molar-refractivity contribution in [3.8, 4) is 11.4 Å². The number of rotatable bonds is 1. The van der Waals surface area contributed by atoms with E-state index < -0.39 is 0 Å². The van der Waals surface area contributed by atoms with Gasteiger partial charge in [-0.1, -0.05) is 6.07 Å². The first-order valence-corrected chi connectivity index (χ1v) is 6.03. The van der Waals surface area contributed by atoms with Crippen LogP contribution in [0.25, 0.3) is 27.9 Å². The van der Waals surface area contributed by atoms with E-state index in [1.807, 2.05) is 12.1 Å². The highest BCUT2D eigenvalue weighted by atomic mass is 19.1. The molecule has 5 nitrogen and oxygen atoms in total. The molecule has 0 spiro atoms. The Bertz CT molecular complexity index is 917. The van der Waals surface area contributed by atoms with E-state index in [4.69, 9.17) is 0 Å². The molecule has 0 amide bonds. The zero-order valence-corrected chi connectivity index (χ0v) is 10.2. The van der Waals surface area contributed by atoms with E-state index in [9.17, 15) is 4.39 Å². The fraction of sp³-hybridized carbons (Fsp3) is 0. The van der Waals surface area contributed by atoms with E-state index in [2.05, 4.69) is 20.1 Å². The summed E-state index contributed by atoms with van der Waals surface area (Å²) < 4.78 is 15.3. The number of para-hydroxylation sites is 1. The van der Waals surface area contributed by atoms with Crippen molar-refractivity contribution in [1.82, 2.24) is 24.6 Å². The van der Waals surface area contributed by atoms with Crippen LogP contribution >= 0.6 is 0 Å². The first-order chi connectivity index (χ1) is 9.83. The number of fused-ring (bicyclic) bond motifs is 3. The lowest BCUT2D eigenvalue weighted by Crippen LogP contribution is -1.93. The second kappa shape index (κ2) is 4.06. The van der Waals surface area contributed by atoms with Gasteiger partial charge < -0.3 is 0 Å². The number of nitrogens with zero attached hydrogens (tertiary/aromatic N) is 5. The summed E-state index contributed by atoms with van der Waals surface area (Å²) in [4.78, 5) is 12.5. The molecule has 0 atom stereocenters. The van der Waals surface area contributed by atoms with Crippen LogP contribution < -0.4 is 0 Å². The molecule has 0 aliphatic heterocycles. The highest BCUT2D eigenvalue weighted by Crippen LogP contribution is 2.21. The normalized spacial score (nSPS) is 11.2. The van der Waals surface area contributed by atoms with Gasteiger partial charge in [0.25, 0.3) is 0 Å². The largest absolute Gasteiger partial charge is 0.265 e. The van der Waals surface area contributed by atoms with Crippen LogP contribution in [0.3, 0.4) is 0 Å². The molecule has 0 fully saturated rings. The Kier molecular flexibility index (Phi) is 2.23. The zero-order valence-electron chi connectivity index (χ0n) is 10.2. The van der Waals surface area contributed by atoms with Gasteiger partial charge in [-0.2, -0.15) is 0 Å². The molecule has 0 saturated carbocycles. The van der Waals surface area contributed by atoms with Crippen molar-refractivity contribution in [1.29, 1.82) is 0 Å². The minimum atomic E-state index is -0.363. The molecule has 3 aromatic heterocycles. The van der Waals surface area contributed by atoms with Crippen LogP contribution in [0.5, 0.6) is 0 Å². The van der Waals surface area contributed by atoms with Gasteiger partial charge in [-0.05, 0) is 24.3 Å². The number of benzene rings is 1. The van der Waals surface area contributed by atoms with Crippen LogP contribution in [-0.4, -0.2) is 24.6 Å². The summed E-state index contributed by atoms with van der Waals surface area (Å²) in [5, 5.41) is 4.99. The lowest BCUT2D eigenvalue weighted by atomic mass is 10.2. The van der Waals surface area contributed by atoms with Gasteiger partial charge in [-0.3, -0.25) is 4.98 Å². The van der Waals surface area contributed by atoms with E-state index in [-0.39, 0.29) is 5.82 Å². The predicted molar refractivity (Wildman–Crippen MR) is 71.5 cm³/mol. The Balaban J connectivity index is 2.05. The van der Waals surface area contributed by atoms with Crippen molar-refractivity contribution >= 4 is 16.6 Å². The van der Waals surface area contributed by atoms with Crippen LogP contribution in [-0.2, 0) is 0 Å². The predicted octanol–water partition coefficient (Wildman–Crippen LogP) is 2.48. The van der Waals surface area contributed by atoms with Crippen LogP contribution in [0.15, 0.2) is 49.1 Å². The van der Waals surface area contributed by atoms with E-state index in [0.717, 1.165) is 5.56 Å². The summed E-state index contributed by atoms with van der Waals surface area (Å²) in [6.45, 7) is 0. The van der Waals surface area contributed by atoms with Crippen molar-refractivity contribution in [2.75, 3.05) is 0 Å². The molecular weight excluding hydrogens is 257 g/mol. The van der Waals surface area contributed by atoms with E-state index in [1.54, 1.807) is 29.0 Å². The molecule has 0 N–H and O–H groups in total. The van der Waals surface area contributed by atoms with Crippen molar-refractivity contribution in [3.05, 3.63) is 54.9 Å². The van der Waals surface area contributed by atoms with E-state index >= 15 is 0 Å². The van der Waals surface area contributed by atoms with Gasteiger partial charge in [0.2, 0.25) is 0 Å². The number of halogens is 1. The van der Waals surface area contributed by atoms with Crippen LogP contribution in [0.1, 0.15) is 0 Å². The van der Waals surface area contributed by atoms with E-state index in [1.165, 1.54) is 12.4 Å². The van der Waals surface area contributed by atoms with E-state index in [0.29, 0.717) is 22.4 Å². The quantitative estimate of drug-likeness (QED) is 0.530. The Morgan fingerprint density at radius 1 is 1.05 bits per heavy atom. The average molecular weight is 265 g/mol. The molecule has 4 aromatic rings. The van der Waals surface area contributed by atoms with Crippen LogP contribution in [0.2, 0.25) is 0 Å². The van der Waals surface area contributed by atoms with Gasteiger partial charge in [-0.25, -0.2) is 18.9 Å². The van der Waals surface area contributed by atoms with Gasteiger partial charge in [-0.15, -0.1) is 5.10 Å². The summed E-state index contributed by atoms with van der Waals surface area (Å²) in [5.74, 6) is 0.199. The van der Waals surface area contributed by atoms with Gasteiger partial charge in [0.1, 0.15) is 17.7 Å². The van der Waals surface area contributed by atoms with Crippen LogP contribution in [0.4, 0.5) is 4.39 Å². The third-order valence-electron chi connectivity index (χ3n) is 3.09. The third-order valence-corrected chi connectivity index (χ3v) is 3.09. The zero-order chi connectivity index (χ0) is 13.5. The summed E-state index contributed by atoms with van der Waals surface area (Å²) in [7, 11) is 0. The maximum absolute atomic E-state index is 13.7. The molecule has 0 unspecified atom stereocenters. The molecule has 3 heterocycles. The van der Waals surface area contributed by atoms with Gasteiger partial charge in [0, 0.05) is 23.3 Å². The van der Waals surface area contributed by atoms with Crippen molar-refractivity contribution < 1.29 is 4.39 Å². The smallest absolute Gasteiger partial charge is 0.182 e. The minimum Gasteiger partial charge on any atom is -0.265 e. The number of aromatic nitrogens is 5. The molecular formula is C14H8FN5. The molecule has 20 heavy (non-hydrogen) atoms. The lowest BCUT2D eigenvalue weighted by Gasteiger charge is -1.98. The van der Waals surface area contributed by atoms with Gasteiger partial charge in [0.05, 0.1) is 0 Å². The molecule has 0 radical (unpaired) electrons. The SMILES string of the molecule is Fc1cccc2c1ncn1nc(-c3ccncc3)nc21. The first-order valence-electron chi connectivity index (χ1n) is 6.03. The molecule has 6 heteroatoms. The summed E-state index contributed by atoms with van der Waals surface area (Å²) in [5.41, 5.74) is 1.74.